The van der Waals surface area contributed by atoms with E-state index in [1.165, 1.54) is 0 Å². The number of nitro benzene ring substituents is 2. The number of aliphatic hydroxyl groups is 2. The van der Waals surface area contributed by atoms with Gasteiger partial charge >= 0.3 is 17.3 Å². The smallest absolute Gasteiger partial charge is 0.338 e. The number of methoxy groups -OCH3 is 1. The lowest BCUT2D eigenvalue weighted by Gasteiger charge is -2.22. The third kappa shape index (κ3) is 4.11. The fraction of sp³-hybridized carbons (Fsp3) is 0.417. The molecule has 1 aromatic rings. The Hall–Kier alpha value is -2.79. The molecule has 0 aromatic heterocycles. The lowest BCUT2D eigenvalue weighted by molar-refractivity contribution is -0.392. The lowest BCUT2D eigenvalue weighted by atomic mass is 10.1. The molecule has 1 aromatic carbocycles. The van der Waals surface area contributed by atoms with Crippen LogP contribution in [-0.2, 0) is 4.74 Å². The third-order valence-corrected chi connectivity index (χ3v) is 2.94. The standard InChI is InChI=1S/C12H15N3O8/c1-23-12(18)8-6-9(14(19)20)11(10(7-8)15(21)22)13(2-4-16)3-5-17/h6-7,16-17H,2-5H2,1H3. The van der Waals surface area contributed by atoms with Crippen molar-refractivity contribution in [1.29, 1.82) is 0 Å². The van der Waals surface area contributed by atoms with Crippen LogP contribution < -0.4 is 4.90 Å². The SMILES string of the molecule is COC(=O)c1cc([N+](=O)[O-])c(N(CCO)CCO)c([N+](=O)[O-])c1. The maximum absolute atomic E-state index is 11.5. The molecule has 0 fully saturated rings. The summed E-state index contributed by atoms with van der Waals surface area (Å²) in [5.74, 6) is -0.960. The second-order valence-electron chi connectivity index (χ2n) is 4.30. The first-order valence-electron chi connectivity index (χ1n) is 6.39. The minimum atomic E-state index is -0.960. The summed E-state index contributed by atoms with van der Waals surface area (Å²) in [5.41, 5.74) is -2.12. The van der Waals surface area contributed by atoms with Crippen molar-refractivity contribution in [2.24, 2.45) is 0 Å². The Kier molecular flexibility index (Phi) is 6.35. The van der Waals surface area contributed by atoms with E-state index >= 15 is 0 Å². The summed E-state index contributed by atoms with van der Waals surface area (Å²) in [5, 5.41) is 40.6. The minimum Gasteiger partial charge on any atom is -0.465 e. The highest BCUT2D eigenvalue weighted by Crippen LogP contribution is 2.38. The number of anilines is 1. The van der Waals surface area contributed by atoms with Crippen LogP contribution in [0.4, 0.5) is 17.1 Å². The molecule has 1 rings (SSSR count). The molecule has 0 heterocycles. The van der Waals surface area contributed by atoms with E-state index in [0.717, 1.165) is 24.1 Å². The maximum Gasteiger partial charge on any atom is 0.338 e. The molecule has 0 aliphatic heterocycles. The van der Waals surface area contributed by atoms with Gasteiger partial charge in [-0.25, -0.2) is 4.79 Å². The number of rotatable bonds is 8. The number of carbonyl (C=O) groups excluding carboxylic acids is 1. The van der Waals surface area contributed by atoms with Gasteiger partial charge in [-0.2, -0.15) is 0 Å². The molecule has 11 heteroatoms. The molecular weight excluding hydrogens is 314 g/mol. The van der Waals surface area contributed by atoms with Gasteiger partial charge in [-0.1, -0.05) is 0 Å². The van der Waals surface area contributed by atoms with Crippen LogP contribution in [0.3, 0.4) is 0 Å². The highest BCUT2D eigenvalue weighted by molar-refractivity contribution is 5.94. The molecule has 0 amide bonds. The normalized spacial score (nSPS) is 10.2. The molecule has 0 bridgehead atoms. The number of aliphatic hydroxyl groups excluding tert-OH is 2. The lowest BCUT2D eigenvalue weighted by Crippen LogP contribution is -2.31. The van der Waals surface area contributed by atoms with E-state index in [9.17, 15) is 25.0 Å². The van der Waals surface area contributed by atoms with Gasteiger partial charge in [0.1, 0.15) is 0 Å². The van der Waals surface area contributed by atoms with Crippen molar-refractivity contribution >= 4 is 23.0 Å². The number of ether oxygens (including phenoxy) is 1. The Morgan fingerprint density at radius 1 is 1.13 bits per heavy atom. The topological polar surface area (TPSA) is 156 Å². The van der Waals surface area contributed by atoms with Crippen molar-refractivity contribution in [3.8, 4) is 0 Å². The van der Waals surface area contributed by atoms with Crippen LogP contribution >= 0.6 is 0 Å². The van der Waals surface area contributed by atoms with Crippen molar-refractivity contribution in [1.82, 2.24) is 0 Å². The molecule has 0 saturated carbocycles. The van der Waals surface area contributed by atoms with Crippen LogP contribution in [0.2, 0.25) is 0 Å². The van der Waals surface area contributed by atoms with Crippen LogP contribution in [0.5, 0.6) is 0 Å². The van der Waals surface area contributed by atoms with E-state index in [2.05, 4.69) is 4.74 Å². The predicted octanol–water partition coefficient (Wildman–Crippen LogP) is 0.0806. The molecule has 0 aliphatic rings. The van der Waals surface area contributed by atoms with Crippen molar-refractivity contribution < 1.29 is 29.6 Å². The maximum atomic E-state index is 11.5. The summed E-state index contributed by atoms with van der Waals surface area (Å²) in [6.07, 6.45) is 0. The van der Waals surface area contributed by atoms with Crippen LogP contribution in [-0.4, -0.2) is 59.4 Å². The minimum absolute atomic E-state index is 0.167. The van der Waals surface area contributed by atoms with Crippen molar-refractivity contribution in [3.05, 3.63) is 37.9 Å². The summed E-state index contributed by atoms with van der Waals surface area (Å²) in [6, 6.07) is 1.71. The highest BCUT2D eigenvalue weighted by atomic mass is 16.6. The predicted molar refractivity (Wildman–Crippen MR) is 77.5 cm³/mol. The molecule has 11 nitrogen and oxygen atoms in total. The van der Waals surface area contributed by atoms with Gasteiger partial charge in [0.05, 0.1) is 35.7 Å². The molecule has 0 radical (unpaired) electrons. The number of benzene rings is 1. The van der Waals surface area contributed by atoms with E-state index in [1.54, 1.807) is 0 Å². The second-order valence-corrected chi connectivity index (χ2v) is 4.30. The molecule has 0 saturated heterocycles. The Morgan fingerprint density at radius 3 is 1.87 bits per heavy atom. The van der Waals surface area contributed by atoms with Gasteiger partial charge in [0.15, 0.2) is 5.69 Å². The Balaban J connectivity index is 3.66. The quantitative estimate of drug-likeness (QED) is 0.383. The first kappa shape index (κ1) is 18.3. The van der Waals surface area contributed by atoms with Gasteiger partial charge in [0, 0.05) is 25.2 Å². The first-order valence-corrected chi connectivity index (χ1v) is 6.39. The third-order valence-electron chi connectivity index (χ3n) is 2.94. The molecule has 23 heavy (non-hydrogen) atoms. The van der Waals surface area contributed by atoms with E-state index in [0.29, 0.717) is 0 Å². The fourth-order valence-corrected chi connectivity index (χ4v) is 2.02. The summed E-state index contributed by atoms with van der Waals surface area (Å²) in [7, 11) is 1.04. The van der Waals surface area contributed by atoms with Gasteiger partial charge in [-0.15, -0.1) is 0 Å². The molecule has 0 atom stereocenters. The van der Waals surface area contributed by atoms with Crippen LogP contribution in [0.1, 0.15) is 10.4 Å². The number of carbonyl (C=O) groups is 1. The second kappa shape index (κ2) is 8.00. The van der Waals surface area contributed by atoms with Gasteiger partial charge in [0.25, 0.3) is 0 Å². The van der Waals surface area contributed by atoms with Crippen LogP contribution in [0.15, 0.2) is 12.1 Å². The van der Waals surface area contributed by atoms with Crippen molar-refractivity contribution in [2.75, 3.05) is 38.3 Å². The van der Waals surface area contributed by atoms with E-state index in [1.807, 2.05) is 0 Å². The molecule has 126 valence electrons. The van der Waals surface area contributed by atoms with Crippen molar-refractivity contribution in [3.63, 3.8) is 0 Å². The average molecular weight is 329 g/mol. The van der Waals surface area contributed by atoms with Crippen LogP contribution in [0, 0.1) is 20.2 Å². The Labute approximate surface area is 130 Å². The molecule has 0 unspecified atom stereocenters. The van der Waals surface area contributed by atoms with E-state index in [-0.39, 0.29) is 18.7 Å². The Bertz CT molecular complexity index is 577. The molecule has 0 spiro atoms. The summed E-state index contributed by atoms with van der Waals surface area (Å²) >= 11 is 0. The zero-order valence-corrected chi connectivity index (χ0v) is 12.2. The number of nitrogens with zero attached hydrogens (tertiary/aromatic N) is 3. The molecule has 0 aliphatic carbocycles. The van der Waals surface area contributed by atoms with Crippen LogP contribution in [0.25, 0.3) is 0 Å². The Morgan fingerprint density at radius 2 is 1.57 bits per heavy atom. The highest BCUT2D eigenvalue weighted by Gasteiger charge is 2.32. The van der Waals surface area contributed by atoms with Gasteiger partial charge < -0.3 is 19.8 Å². The zero-order valence-electron chi connectivity index (χ0n) is 12.2. The van der Waals surface area contributed by atoms with Gasteiger partial charge in [-0.3, -0.25) is 20.2 Å². The van der Waals surface area contributed by atoms with E-state index < -0.39 is 46.1 Å². The largest absolute Gasteiger partial charge is 0.465 e. The van der Waals surface area contributed by atoms with Gasteiger partial charge in [-0.05, 0) is 0 Å². The summed E-state index contributed by atoms with van der Waals surface area (Å²) < 4.78 is 4.42. The zero-order chi connectivity index (χ0) is 17.6. The summed E-state index contributed by atoms with van der Waals surface area (Å²) in [6.45, 7) is -1.21. The van der Waals surface area contributed by atoms with Gasteiger partial charge in [0.2, 0.25) is 0 Å². The summed E-state index contributed by atoms with van der Waals surface area (Å²) in [4.78, 5) is 33.4. The number of esters is 1. The molecule has 2 N–H and O–H groups in total. The number of hydrogen-bond donors (Lipinski definition) is 2. The van der Waals surface area contributed by atoms with E-state index in [4.69, 9.17) is 10.2 Å². The fourth-order valence-electron chi connectivity index (χ4n) is 2.02. The number of nitro groups is 2. The number of hydrogen-bond acceptors (Lipinski definition) is 9. The van der Waals surface area contributed by atoms with Crippen molar-refractivity contribution in [2.45, 2.75) is 0 Å². The first-order chi connectivity index (χ1) is 10.9. The average Bonchev–Trinajstić information content (AvgIpc) is 2.52. The molecular formula is C12H15N3O8. The monoisotopic (exact) mass is 329 g/mol.